The van der Waals surface area contributed by atoms with Gasteiger partial charge in [-0.1, -0.05) is 0 Å². The molecule has 7 rings (SSSR count). The fraction of sp³-hybridized carbons (Fsp3) is 0.442. The van der Waals surface area contributed by atoms with E-state index in [1.54, 1.807) is 12.1 Å². The largest absolute Gasteiger partial charge is 0.373 e. The summed E-state index contributed by atoms with van der Waals surface area (Å²) in [5, 5.41) is 6.77. The number of benzene rings is 2. The average molecular weight is 778 g/mol. The lowest BCUT2D eigenvalue weighted by atomic mass is 9.97. The van der Waals surface area contributed by atoms with Crippen molar-refractivity contribution in [3.8, 4) is 0 Å². The highest BCUT2D eigenvalue weighted by atomic mass is 16.2. The second-order valence-electron chi connectivity index (χ2n) is 15.3. The Bertz CT molecular complexity index is 2020. The van der Waals surface area contributed by atoms with Crippen molar-refractivity contribution in [3.05, 3.63) is 83.2 Å². The van der Waals surface area contributed by atoms with E-state index < -0.39 is 11.9 Å². The van der Waals surface area contributed by atoms with Gasteiger partial charge in [-0.05, 0) is 81.4 Å². The number of fused-ring (bicyclic) bond motifs is 1. The Morgan fingerprint density at radius 3 is 2.30 bits per heavy atom. The van der Waals surface area contributed by atoms with Crippen LogP contribution in [0.1, 0.15) is 68.5 Å². The van der Waals surface area contributed by atoms with Crippen molar-refractivity contribution < 1.29 is 24.0 Å². The quantitative estimate of drug-likeness (QED) is 0.159. The summed E-state index contributed by atoms with van der Waals surface area (Å²) in [6.45, 7) is 7.62. The predicted octanol–water partition coefficient (Wildman–Crippen LogP) is 4.11. The summed E-state index contributed by atoms with van der Waals surface area (Å²) >= 11 is 0. The molecule has 57 heavy (non-hydrogen) atoms. The summed E-state index contributed by atoms with van der Waals surface area (Å²) in [6.07, 6.45) is 6.96. The minimum Gasteiger partial charge on any atom is -0.373 e. The molecule has 0 bridgehead atoms. The SMILES string of the molecule is CNC(=O)CCC(C=O)N(C)C(=O)c1cc(N2CCN(CC3CN(c4ccc(C=O)cc4)C3)CC2)ccc1C=O.CNc1cc2[nH]c(C3CCCN3C)cc2cn1. The molecule has 14 heteroatoms. The van der Waals surface area contributed by atoms with E-state index in [-0.39, 0.29) is 29.9 Å². The van der Waals surface area contributed by atoms with Crippen LogP contribution in [0.3, 0.4) is 0 Å². The van der Waals surface area contributed by atoms with Crippen molar-refractivity contribution in [2.24, 2.45) is 5.92 Å². The topological polar surface area (TPSA) is 154 Å². The van der Waals surface area contributed by atoms with Crippen molar-refractivity contribution >= 4 is 58.8 Å². The number of pyridine rings is 1. The third-order valence-corrected chi connectivity index (χ3v) is 11.6. The number of likely N-dealkylation sites (N-methyl/N-ethyl adjacent to an activating group) is 1. The number of rotatable bonds is 14. The molecule has 2 aromatic heterocycles. The van der Waals surface area contributed by atoms with Crippen LogP contribution in [-0.4, -0.2) is 142 Å². The fourth-order valence-electron chi connectivity index (χ4n) is 8.01. The molecule has 3 aliphatic heterocycles. The summed E-state index contributed by atoms with van der Waals surface area (Å²) < 4.78 is 0. The predicted molar refractivity (Wildman–Crippen MR) is 224 cm³/mol. The first-order valence-electron chi connectivity index (χ1n) is 19.8. The Morgan fingerprint density at radius 2 is 1.67 bits per heavy atom. The molecule has 3 fully saturated rings. The Labute approximate surface area is 334 Å². The number of H-pyrrole nitrogens is 1. The number of anilines is 3. The lowest BCUT2D eigenvalue weighted by molar-refractivity contribution is -0.121. The smallest absolute Gasteiger partial charge is 0.255 e. The number of carbonyl (C=O) groups excluding carboxylic acids is 5. The number of aromatic amines is 1. The Kier molecular flexibility index (Phi) is 13.7. The van der Waals surface area contributed by atoms with Crippen LogP contribution in [0.4, 0.5) is 17.2 Å². The van der Waals surface area contributed by atoms with Crippen LogP contribution in [0.5, 0.6) is 0 Å². The van der Waals surface area contributed by atoms with Crippen LogP contribution >= 0.6 is 0 Å². The van der Waals surface area contributed by atoms with Gasteiger partial charge in [0.05, 0.1) is 17.1 Å². The van der Waals surface area contributed by atoms with E-state index in [1.807, 2.05) is 43.6 Å². The van der Waals surface area contributed by atoms with E-state index in [2.05, 4.69) is 59.4 Å². The van der Waals surface area contributed by atoms with Gasteiger partial charge in [-0.25, -0.2) is 4.98 Å². The number of aldehydes is 3. The van der Waals surface area contributed by atoms with Crippen LogP contribution in [0.25, 0.3) is 10.9 Å². The number of carbonyl (C=O) groups is 5. The van der Waals surface area contributed by atoms with Gasteiger partial charge in [-0.2, -0.15) is 0 Å². The zero-order valence-corrected chi connectivity index (χ0v) is 33.4. The number of piperazine rings is 1. The number of amides is 2. The Morgan fingerprint density at radius 1 is 0.930 bits per heavy atom. The van der Waals surface area contributed by atoms with Crippen LogP contribution in [0, 0.1) is 5.92 Å². The van der Waals surface area contributed by atoms with Gasteiger partial charge < -0.3 is 35.1 Å². The maximum absolute atomic E-state index is 13.3. The van der Waals surface area contributed by atoms with Crippen LogP contribution < -0.4 is 20.4 Å². The maximum atomic E-state index is 13.3. The molecule has 4 aromatic rings. The van der Waals surface area contributed by atoms with E-state index in [1.165, 1.54) is 55.0 Å². The average Bonchev–Trinajstić information content (AvgIpc) is 3.87. The zero-order chi connectivity index (χ0) is 40.5. The zero-order valence-electron chi connectivity index (χ0n) is 33.4. The molecule has 2 aromatic carbocycles. The summed E-state index contributed by atoms with van der Waals surface area (Å²) in [5.41, 5.74) is 5.70. The first-order chi connectivity index (χ1) is 27.6. The molecule has 14 nitrogen and oxygen atoms in total. The first-order valence-corrected chi connectivity index (χ1v) is 19.8. The van der Waals surface area contributed by atoms with Gasteiger partial charge >= 0.3 is 0 Å². The molecule has 0 aliphatic carbocycles. The molecular formula is C43H55N9O5. The Balaban J connectivity index is 0.000000266. The van der Waals surface area contributed by atoms with E-state index in [0.29, 0.717) is 30.1 Å². The number of hydrogen-bond acceptors (Lipinski definition) is 11. The molecule has 3 N–H and O–H groups in total. The molecule has 0 radical (unpaired) electrons. The number of nitrogens with zero attached hydrogens (tertiary/aromatic N) is 6. The Hall–Kier alpha value is -5.60. The third kappa shape index (κ3) is 9.86. The molecule has 3 aliphatic rings. The minimum absolute atomic E-state index is 0.121. The van der Waals surface area contributed by atoms with Gasteiger partial charge in [-0.3, -0.25) is 29.0 Å². The number of hydrogen-bond donors (Lipinski definition) is 3. The third-order valence-electron chi connectivity index (χ3n) is 11.6. The van der Waals surface area contributed by atoms with Gasteiger partial charge in [0, 0.05) is 131 Å². The molecule has 3 saturated heterocycles. The molecule has 302 valence electrons. The van der Waals surface area contributed by atoms with Crippen LogP contribution in [0.15, 0.2) is 60.8 Å². The van der Waals surface area contributed by atoms with E-state index in [4.69, 9.17) is 0 Å². The number of nitrogens with one attached hydrogen (secondary N) is 3. The van der Waals surface area contributed by atoms with Gasteiger partial charge in [0.2, 0.25) is 5.91 Å². The van der Waals surface area contributed by atoms with Crippen LogP contribution in [-0.2, 0) is 9.59 Å². The van der Waals surface area contributed by atoms with Crippen LogP contribution in [0.2, 0.25) is 0 Å². The highest BCUT2D eigenvalue weighted by Gasteiger charge is 2.31. The van der Waals surface area contributed by atoms with Gasteiger partial charge in [0.15, 0.2) is 6.29 Å². The maximum Gasteiger partial charge on any atom is 0.255 e. The number of aromatic nitrogens is 2. The summed E-state index contributed by atoms with van der Waals surface area (Å²) in [4.78, 5) is 77.8. The molecule has 5 heterocycles. The summed E-state index contributed by atoms with van der Waals surface area (Å²) in [6, 6.07) is 17.0. The van der Waals surface area contributed by atoms with Gasteiger partial charge in [0.1, 0.15) is 18.4 Å². The molecule has 2 unspecified atom stereocenters. The van der Waals surface area contributed by atoms with E-state index in [0.717, 1.165) is 69.3 Å². The molecule has 2 amide bonds. The number of likely N-dealkylation sites (tertiary alicyclic amines) is 1. The molecule has 0 spiro atoms. The standard InChI is InChI=1S/C30H37N5O5.C13H18N4/c1-31-29(39)10-9-27(21-38)32(2)30(40)28-15-26(8-5-24(28)20-37)34-13-11-33(12-14-34)16-23-17-35(18-23)25-6-3-22(19-36)4-7-25;1-14-13-7-10-9(8-15-13)6-11(16-10)12-4-3-5-17(12)2/h3-8,15,19-21,23,27H,9-14,16-18H2,1-2H3,(H,31,39);6-8,12,16H,3-5H2,1-2H3,(H,14,15). The first kappa shape index (κ1) is 41.0. The lowest BCUT2D eigenvalue weighted by Gasteiger charge is -2.45. The second-order valence-corrected chi connectivity index (χ2v) is 15.3. The van der Waals surface area contributed by atoms with Crippen molar-refractivity contribution in [2.75, 3.05) is 95.7 Å². The second kappa shape index (κ2) is 19.0. The highest BCUT2D eigenvalue weighted by molar-refractivity contribution is 6.03. The summed E-state index contributed by atoms with van der Waals surface area (Å²) in [5.74, 6) is 0.873. The van der Waals surface area contributed by atoms with Crippen molar-refractivity contribution in [1.82, 2.24) is 30.0 Å². The van der Waals surface area contributed by atoms with Crippen molar-refractivity contribution in [1.29, 1.82) is 0 Å². The van der Waals surface area contributed by atoms with Crippen molar-refractivity contribution in [2.45, 2.75) is 37.8 Å². The molecule has 0 saturated carbocycles. The van der Waals surface area contributed by atoms with Gasteiger partial charge in [-0.15, -0.1) is 0 Å². The fourth-order valence-corrected chi connectivity index (χ4v) is 8.01. The molecular weight excluding hydrogens is 723 g/mol. The summed E-state index contributed by atoms with van der Waals surface area (Å²) in [7, 11) is 7.13. The normalized spacial score (nSPS) is 17.9. The van der Waals surface area contributed by atoms with E-state index >= 15 is 0 Å². The van der Waals surface area contributed by atoms with E-state index in [9.17, 15) is 24.0 Å². The minimum atomic E-state index is -0.769. The highest BCUT2D eigenvalue weighted by Crippen LogP contribution is 2.32. The van der Waals surface area contributed by atoms with Gasteiger partial charge in [0.25, 0.3) is 5.91 Å². The lowest BCUT2D eigenvalue weighted by Crippen LogP contribution is -2.55. The monoisotopic (exact) mass is 777 g/mol. The molecule has 2 atom stereocenters. The van der Waals surface area contributed by atoms with Crippen molar-refractivity contribution in [3.63, 3.8) is 0 Å².